The Morgan fingerprint density at radius 1 is 1.41 bits per heavy atom. The van der Waals surface area contributed by atoms with Crippen LogP contribution in [0.4, 0.5) is 10.1 Å². The topological polar surface area (TPSA) is 61.6 Å². The smallest absolute Gasteiger partial charge is 0.305 e. The minimum Gasteiger partial charge on any atom is -0.385 e. The van der Waals surface area contributed by atoms with Crippen molar-refractivity contribution in [2.45, 2.75) is 13.0 Å². The zero-order valence-electron chi connectivity index (χ0n) is 9.52. The molecule has 0 aliphatic rings. The van der Waals surface area contributed by atoms with E-state index < -0.39 is 16.4 Å². The lowest BCUT2D eigenvalue weighted by Crippen LogP contribution is -2.02. The van der Waals surface area contributed by atoms with Crippen molar-refractivity contribution in [3.05, 3.63) is 39.7 Å². The molecular formula is C11H14FNO4. The highest BCUT2D eigenvalue weighted by atomic mass is 19.1. The summed E-state index contributed by atoms with van der Waals surface area (Å²) in [6.07, 6.45) is 0.701. The first-order valence-electron chi connectivity index (χ1n) is 5.15. The Balaban J connectivity index is 2.54. The van der Waals surface area contributed by atoms with E-state index in [0.717, 1.165) is 6.07 Å². The Labute approximate surface area is 98.3 Å². The maximum Gasteiger partial charge on any atom is 0.305 e. The van der Waals surface area contributed by atoms with Gasteiger partial charge in [-0.25, -0.2) is 0 Å². The molecule has 0 atom stereocenters. The third-order valence-corrected chi connectivity index (χ3v) is 2.15. The van der Waals surface area contributed by atoms with E-state index in [9.17, 15) is 14.5 Å². The Hall–Kier alpha value is -1.53. The monoisotopic (exact) mass is 243 g/mol. The quantitative estimate of drug-likeness (QED) is 0.418. The molecule has 17 heavy (non-hydrogen) atoms. The lowest BCUT2D eigenvalue weighted by molar-refractivity contribution is -0.387. The van der Waals surface area contributed by atoms with Gasteiger partial charge >= 0.3 is 5.69 Å². The van der Waals surface area contributed by atoms with Gasteiger partial charge in [0.1, 0.15) is 0 Å². The summed E-state index contributed by atoms with van der Waals surface area (Å²) < 4.78 is 23.6. The highest BCUT2D eigenvalue weighted by Crippen LogP contribution is 2.20. The second-order valence-electron chi connectivity index (χ2n) is 3.41. The van der Waals surface area contributed by atoms with Crippen LogP contribution in [-0.2, 0) is 16.1 Å². The van der Waals surface area contributed by atoms with Gasteiger partial charge in [0.2, 0.25) is 5.82 Å². The Morgan fingerprint density at radius 3 is 2.82 bits per heavy atom. The van der Waals surface area contributed by atoms with Gasteiger partial charge in [-0.05, 0) is 6.42 Å². The summed E-state index contributed by atoms with van der Waals surface area (Å²) in [4.78, 5) is 9.75. The van der Waals surface area contributed by atoms with E-state index in [1.54, 1.807) is 7.11 Å². The fourth-order valence-corrected chi connectivity index (χ4v) is 1.31. The molecule has 0 amide bonds. The summed E-state index contributed by atoms with van der Waals surface area (Å²) >= 11 is 0. The molecule has 0 aliphatic heterocycles. The van der Waals surface area contributed by atoms with Crippen LogP contribution in [0.1, 0.15) is 12.0 Å². The minimum absolute atomic E-state index is 0.0250. The minimum atomic E-state index is -0.829. The first-order valence-corrected chi connectivity index (χ1v) is 5.15. The van der Waals surface area contributed by atoms with E-state index >= 15 is 0 Å². The number of nitro benzene ring substituents is 1. The fourth-order valence-electron chi connectivity index (χ4n) is 1.31. The van der Waals surface area contributed by atoms with Gasteiger partial charge in [0.25, 0.3) is 0 Å². The van der Waals surface area contributed by atoms with Crippen LogP contribution in [-0.4, -0.2) is 25.2 Å². The van der Waals surface area contributed by atoms with Gasteiger partial charge in [0.05, 0.1) is 11.5 Å². The molecule has 0 saturated carbocycles. The number of hydrogen-bond acceptors (Lipinski definition) is 4. The molecule has 0 spiro atoms. The number of methoxy groups -OCH3 is 1. The molecule has 0 N–H and O–H groups in total. The molecule has 6 heteroatoms. The second-order valence-corrected chi connectivity index (χ2v) is 3.41. The van der Waals surface area contributed by atoms with Gasteiger partial charge in [-0.1, -0.05) is 12.1 Å². The number of hydrogen-bond donors (Lipinski definition) is 0. The zero-order chi connectivity index (χ0) is 12.7. The lowest BCUT2D eigenvalue weighted by atomic mass is 10.2. The van der Waals surface area contributed by atoms with Gasteiger partial charge in [0.15, 0.2) is 0 Å². The van der Waals surface area contributed by atoms with Gasteiger partial charge < -0.3 is 9.47 Å². The van der Waals surface area contributed by atoms with Crippen molar-refractivity contribution in [3.63, 3.8) is 0 Å². The third-order valence-electron chi connectivity index (χ3n) is 2.15. The number of benzene rings is 1. The molecule has 0 aromatic heterocycles. The van der Waals surface area contributed by atoms with Crippen LogP contribution in [0, 0.1) is 15.9 Å². The largest absolute Gasteiger partial charge is 0.385 e. The van der Waals surface area contributed by atoms with Crippen LogP contribution < -0.4 is 0 Å². The maximum atomic E-state index is 13.6. The zero-order valence-corrected chi connectivity index (χ0v) is 9.52. The van der Waals surface area contributed by atoms with Gasteiger partial charge in [0, 0.05) is 32.0 Å². The summed E-state index contributed by atoms with van der Waals surface area (Å²) in [5.74, 6) is -0.829. The van der Waals surface area contributed by atoms with Crippen molar-refractivity contribution >= 4 is 5.69 Å². The number of nitro groups is 1. The fraction of sp³-hybridized carbons (Fsp3) is 0.455. The predicted molar refractivity (Wildman–Crippen MR) is 59.2 cm³/mol. The van der Waals surface area contributed by atoms with Crippen LogP contribution in [0.2, 0.25) is 0 Å². The highest BCUT2D eigenvalue weighted by molar-refractivity contribution is 5.36. The molecule has 0 heterocycles. The average molecular weight is 243 g/mol. The van der Waals surface area contributed by atoms with E-state index in [4.69, 9.17) is 9.47 Å². The maximum absolute atomic E-state index is 13.6. The number of halogens is 1. The van der Waals surface area contributed by atoms with E-state index in [2.05, 4.69) is 0 Å². The summed E-state index contributed by atoms with van der Waals surface area (Å²) in [5.41, 5.74) is -0.334. The van der Waals surface area contributed by atoms with E-state index in [0.29, 0.717) is 19.6 Å². The summed E-state index contributed by atoms with van der Waals surface area (Å²) in [7, 11) is 1.58. The van der Waals surface area contributed by atoms with Crippen LogP contribution in [0.5, 0.6) is 0 Å². The van der Waals surface area contributed by atoms with E-state index in [-0.39, 0.29) is 12.2 Å². The Morgan fingerprint density at radius 2 is 2.18 bits per heavy atom. The Bertz CT molecular complexity index is 384. The molecule has 0 fully saturated rings. The van der Waals surface area contributed by atoms with Crippen LogP contribution in [0.15, 0.2) is 18.2 Å². The van der Waals surface area contributed by atoms with Gasteiger partial charge in [-0.15, -0.1) is 0 Å². The molecule has 94 valence electrons. The molecule has 1 aromatic carbocycles. The highest BCUT2D eigenvalue weighted by Gasteiger charge is 2.16. The number of rotatable bonds is 7. The lowest BCUT2D eigenvalue weighted by Gasteiger charge is -2.05. The molecule has 0 saturated heterocycles. The molecule has 1 aromatic rings. The van der Waals surface area contributed by atoms with Crippen LogP contribution >= 0.6 is 0 Å². The normalized spacial score (nSPS) is 10.5. The van der Waals surface area contributed by atoms with Crippen LogP contribution in [0.25, 0.3) is 0 Å². The third kappa shape index (κ3) is 4.08. The van der Waals surface area contributed by atoms with Crippen molar-refractivity contribution in [1.29, 1.82) is 0 Å². The molecule has 0 radical (unpaired) electrons. The summed E-state index contributed by atoms with van der Waals surface area (Å²) in [6, 6.07) is 4.04. The summed E-state index contributed by atoms with van der Waals surface area (Å²) in [5, 5.41) is 10.5. The van der Waals surface area contributed by atoms with Crippen LogP contribution in [0.3, 0.4) is 0 Å². The van der Waals surface area contributed by atoms with Crippen molar-refractivity contribution in [2.75, 3.05) is 20.3 Å². The standard InChI is InChI=1S/C11H14FNO4/c1-16-6-3-7-17-8-9-4-2-5-10(11(9)12)13(14)15/h2,4-5H,3,6-8H2,1H3. The van der Waals surface area contributed by atoms with Crippen molar-refractivity contribution in [1.82, 2.24) is 0 Å². The average Bonchev–Trinajstić information content (AvgIpc) is 2.30. The van der Waals surface area contributed by atoms with Gasteiger partial charge in [-0.3, -0.25) is 10.1 Å². The molecule has 0 bridgehead atoms. The second kappa shape index (κ2) is 6.93. The molecular weight excluding hydrogens is 229 g/mol. The van der Waals surface area contributed by atoms with Crippen molar-refractivity contribution in [2.24, 2.45) is 0 Å². The SMILES string of the molecule is COCCCOCc1cccc([N+](=O)[O-])c1F. The molecule has 0 aliphatic carbocycles. The predicted octanol–water partition coefficient (Wildman–Crippen LogP) is 2.29. The number of ether oxygens (including phenoxy) is 2. The Kier molecular flexibility index (Phi) is 5.51. The van der Waals surface area contributed by atoms with Crippen molar-refractivity contribution in [3.8, 4) is 0 Å². The molecule has 1 rings (SSSR count). The first-order chi connectivity index (χ1) is 8.16. The van der Waals surface area contributed by atoms with E-state index in [1.165, 1.54) is 12.1 Å². The molecule has 0 unspecified atom stereocenters. The van der Waals surface area contributed by atoms with Crippen molar-refractivity contribution < 1.29 is 18.8 Å². The van der Waals surface area contributed by atoms with E-state index in [1.807, 2.05) is 0 Å². The number of nitrogens with zero attached hydrogens (tertiary/aromatic N) is 1. The molecule has 5 nitrogen and oxygen atoms in total. The summed E-state index contributed by atoms with van der Waals surface area (Å²) in [6.45, 7) is 1.02. The first kappa shape index (κ1) is 13.5. The van der Waals surface area contributed by atoms with Gasteiger partial charge in [-0.2, -0.15) is 4.39 Å².